The van der Waals surface area contributed by atoms with Crippen LogP contribution in [-0.4, -0.2) is 28.8 Å². The predicted octanol–water partition coefficient (Wildman–Crippen LogP) is 1.88. The van der Waals surface area contributed by atoms with E-state index in [0.29, 0.717) is 18.4 Å². The van der Waals surface area contributed by atoms with Crippen molar-refractivity contribution < 1.29 is 9.72 Å². The molecule has 5 nitrogen and oxygen atoms in total. The molecule has 1 amide bonds. The van der Waals surface area contributed by atoms with Crippen LogP contribution >= 0.6 is 0 Å². The highest BCUT2D eigenvalue weighted by molar-refractivity contribution is 5.94. The zero-order valence-corrected chi connectivity index (χ0v) is 9.72. The Balaban J connectivity index is 2.03. The van der Waals surface area contributed by atoms with E-state index in [1.807, 2.05) is 4.90 Å². The second-order valence-electron chi connectivity index (χ2n) is 4.46. The molecule has 17 heavy (non-hydrogen) atoms. The fraction of sp³-hybridized carbons (Fsp3) is 0.583. The van der Waals surface area contributed by atoms with E-state index in [1.165, 1.54) is 12.5 Å². The van der Waals surface area contributed by atoms with Gasteiger partial charge in [0.2, 0.25) is 11.6 Å². The molecule has 0 bridgehead atoms. The zero-order valence-electron chi connectivity index (χ0n) is 9.72. The van der Waals surface area contributed by atoms with Gasteiger partial charge in [0.1, 0.15) is 0 Å². The van der Waals surface area contributed by atoms with Gasteiger partial charge in [-0.25, -0.2) is 0 Å². The first-order chi connectivity index (χ1) is 8.18. The summed E-state index contributed by atoms with van der Waals surface area (Å²) in [6.45, 7) is 1.64. The van der Waals surface area contributed by atoms with Gasteiger partial charge in [-0.3, -0.25) is 14.9 Å². The number of likely N-dealkylation sites (tertiary alicyclic amines) is 1. The van der Waals surface area contributed by atoms with E-state index >= 15 is 0 Å². The quantitative estimate of drug-likeness (QED) is 0.543. The van der Waals surface area contributed by atoms with Gasteiger partial charge in [-0.15, -0.1) is 0 Å². The van der Waals surface area contributed by atoms with E-state index in [-0.39, 0.29) is 16.5 Å². The van der Waals surface area contributed by atoms with Crippen LogP contribution in [-0.2, 0) is 4.79 Å². The molecule has 0 radical (unpaired) electrons. The number of hydrogen-bond donors (Lipinski definition) is 0. The van der Waals surface area contributed by atoms with Crippen LogP contribution < -0.4 is 0 Å². The summed E-state index contributed by atoms with van der Waals surface area (Å²) in [5.41, 5.74) is 0.901. The molecule has 0 N–H and O–H groups in total. The van der Waals surface area contributed by atoms with Crippen LogP contribution in [0.1, 0.15) is 32.1 Å². The predicted molar refractivity (Wildman–Crippen MR) is 62.8 cm³/mol. The molecular weight excluding hydrogens is 220 g/mol. The molecule has 92 valence electrons. The maximum Gasteiger partial charge on any atom is 0.249 e. The van der Waals surface area contributed by atoms with Crippen molar-refractivity contribution in [2.24, 2.45) is 0 Å². The monoisotopic (exact) mass is 236 g/mol. The summed E-state index contributed by atoms with van der Waals surface area (Å²) in [6, 6.07) is 0. The molecule has 0 saturated carbocycles. The van der Waals surface area contributed by atoms with E-state index in [0.717, 1.165) is 25.9 Å². The molecule has 5 heteroatoms. The number of allylic oxidation sites excluding steroid dienone is 3. The average molecular weight is 236 g/mol. The van der Waals surface area contributed by atoms with Gasteiger partial charge in [0.05, 0.1) is 4.92 Å². The van der Waals surface area contributed by atoms with E-state index in [9.17, 15) is 14.9 Å². The summed E-state index contributed by atoms with van der Waals surface area (Å²) in [6.07, 6.45) is 7.23. The lowest BCUT2D eigenvalue weighted by Crippen LogP contribution is -2.36. The van der Waals surface area contributed by atoms with E-state index in [2.05, 4.69) is 0 Å². The van der Waals surface area contributed by atoms with Crippen molar-refractivity contribution in [1.82, 2.24) is 4.90 Å². The lowest BCUT2D eigenvalue weighted by atomic mass is 10.0. The van der Waals surface area contributed by atoms with Crippen molar-refractivity contribution in [2.75, 3.05) is 13.1 Å². The SMILES string of the molecule is O=C(C1=CC=C([N+](=O)[O-])CC1)N1CCCCC1. The molecule has 1 aliphatic carbocycles. The number of hydrogen-bond acceptors (Lipinski definition) is 3. The fourth-order valence-electron chi connectivity index (χ4n) is 2.26. The maximum absolute atomic E-state index is 12.1. The number of carbonyl (C=O) groups excluding carboxylic acids is 1. The van der Waals surface area contributed by atoms with Gasteiger partial charge >= 0.3 is 0 Å². The molecule has 1 saturated heterocycles. The minimum absolute atomic E-state index is 0.0587. The van der Waals surface area contributed by atoms with Gasteiger partial charge in [-0.05, 0) is 31.8 Å². The highest BCUT2D eigenvalue weighted by Gasteiger charge is 2.23. The smallest absolute Gasteiger partial charge is 0.249 e. The largest absolute Gasteiger partial charge is 0.339 e. The Morgan fingerprint density at radius 1 is 1.18 bits per heavy atom. The molecule has 1 aliphatic heterocycles. The lowest BCUT2D eigenvalue weighted by Gasteiger charge is -2.28. The number of rotatable bonds is 2. The summed E-state index contributed by atoms with van der Waals surface area (Å²) in [4.78, 5) is 24.1. The first kappa shape index (κ1) is 11.8. The van der Waals surface area contributed by atoms with Crippen molar-refractivity contribution in [3.8, 4) is 0 Å². The van der Waals surface area contributed by atoms with Gasteiger partial charge in [0.25, 0.3) is 0 Å². The number of amides is 1. The summed E-state index contributed by atoms with van der Waals surface area (Å²) in [5.74, 6) is 0.0587. The van der Waals surface area contributed by atoms with Gasteiger partial charge in [0.15, 0.2) is 0 Å². The number of nitro groups is 1. The third kappa shape index (κ3) is 2.72. The van der Waals surface area contributed by atoms with Crippen LogP contribution in [0.3, 0.4) is 0 Å². The summed E-state index contributed by atoms with van der Waals surface area (Å²) in [5, 5.41) is 10.5. The topological polar surface area (TPSA) is 63.4 Å². The van der Waals surface area contributed by atoms with Gasteiger partial charge in [-0.1, -0.05) is 0 Å². The molecule has 0 aromatic heterocycles. The minimum Gasteiger partial charge on any atom is -0.339 e. The summed E-state index contributed by atoms with van der Waals surface area (Å²) >= 11 is 0. The van der Waals surface area contributed by atoms with E-state index in [4.69, 9.17) is 0 Å². The first-order valence-electron chi connectivity index (χ1n) is 6.02. The van der Waals surface area contributed by atoms with Crippen LogP contribution in [0.2, 0.25) is 0 Å². The average Bonchev–Trinajstić information content (AvgIpc) is 2.39. The Morgan fingerprint density at radius 2 is 1.88 bits per heavy atom. The molecule has 0 spiro atoms. The molecule has 2 rings (SSSR count). The van der Waals surface area contributed by atoms with Crippen LogP contribution in [0.15, 0.2) is 23.4 Å². The Kier molecular flexibility index (Phi) is 3.56. The number of piperidine rings is 1. The lowest BCUT2D eigenvalue weighted by molar-refractivity contribution is -0.428. The molecule has 2 aliphatic rings. The van der Waals surface area contributed by atoms with Crippen molar-refractivity contribution in [3.05, 3.63) is 33.5 Å². The second-order valence-corrected chi connectivity index (χ2v) is 4.46. The Morgan fingerprint density at radius 3 is 2.41 bits per heavy atom. The Labute approximate surface area is 99.9 Å². The van der Waals surface area contributed by atoms with E-state index < -0.39 is 0 Å². The van der Waals surface area contributed by atoms with Crippen molar-refractivity contribution in [2.45, 2.75) is 32.1 Å². The van der Waals surface area contributed by atoms with Crippen LogP contribution in [0.5, 0.6) is 0 Å². The van der Waals surface area contributed by atoms with Crippen LogP contribution in [0, 0.1) is 10.1 Å². The van der Waals surface area contributed by atoms with E-state index in [1.54, 1.807) is 6.08 Å². The number of nitrogens with zero attached hydrogens (tertiary/aromatic N) is 2. The third-order valence-corrected chi connectivity index (χ3v) is 3.28. The van der Waals surface area contributed by atoms with Gasteiger partial charge < -0.3 is 4.90 Å². The van der Waals surface area contributed by atoms with Crippen molar-refractivity contribution in [3.63, 3.8) is 0 Å². The molecule has 0 aromatic carbocycles. The highest BCUT2D eigenvalue weighted by atomic mass is 16.6. The summed E-state index contributed by atoms with van der Waals surface area (Å²) in [7, 11) is 0. The fourth-order valence-corrected chi connectivity index (χ4v) is 2.26. The molecule has 0 unspecified atom stereocenters. The second kappa shape index (κ2) is 5.12. The van der Waals surface area contributed by atoms with Gasteiger partial charge in [-0.2, -0.15) is 0 Å². The standard InChI is InChI=1S/C12H16N2O3/c15-12(13-8-2-1-3-9-13)10-4-6-11(7-5-10)14(16)17/h4,6H,1-3,5,7-9H2. The van der Waals surface area contributed by atoms with Crippen LogP contribution in [0.4, 0.5) is 0 Å². The number of carbonyl (C=O) groups is 1. The summed E-state index contributed by atoms with van der Waals surface area (Å²) < 4.78 is 0. The highest BCUT2D eigenvalue weighted by Crippen LogP contribution is 2.21. The molecule has 1 heterocycles. The molecule has 1 fully saturated rings. The third-order valence-electron chi connectivity index (χ3n) is 3.28. The molecule has 0 aromatic rings. The first-order valence-corrected chi connectivity index (χ1v) is 6.02. The van der Waals surface area contributed by atoms with Gasteiger partial charge in [0, 0.05) is 31.2 Å². The van der Waals surface area contributed by atoms with Crippen LogP contribution in [0.25, 0.3) is 0 Å². The maximum atomic E-state index is 12.1. The minimum atomic E-state index is -0.376. The van der Waals surface area contributed by atoms with Crippen molar-refractivity contribution >= 4 is 5.91 Å². The molecule has 0 atom stereocenters. The Hall–Kier alpha value is -1.65. The zero-order chi connectivity index (χ0) is 12.3. The normalized spacial score (nSPS) is 20.6. The van der Waals surface area contributed by atoms with Crippen molar-refractivity contribution in [1.29, 1.82) is 0 Å². The molecular formula is C12H16N2O3. The Bertz CT molecular complexity index is 393.